The van der Waals surface area contributed by atoms with Crippen molar-refractivity contribution in [3.63, 3.8) is 0 Å². The number of aromatic amines is 1. The number of nitrogens with two attached hydrogens (primary N) is 1. The Labute approximate surface area is 193 Å². The number of H-pyrrole nitrogens is 1. The average Bonchev–Trinajstić information content (AvgIpc) is 3.23. The third-order valence-corrected chi connectivity index (χ3v) is 5.77. The van der Waals surface area contributed by atoms with E-state index in [1.807, 2.05) is 0 Å². The minimum atomic E-state index is -0.741. The number of anilines is 1. The molecule has 34 heavy (non-hydrogen) atoms. The molecule has 4 rings (SSSR count). The lowest BCUT2D eigenvalue weighted by molar-refractivity contribution is -0.115. The maximum absolute atomic E-state index is 14.5. The van der Waals surface area contributed by atoms with Crippen molar-refractivity contribution in [1.82, 2.24) is 20.3 Å². The van der Waals surface area contributed by atoms with Crippen LogP contribution in [0.5, 0.6) is 0 Å². The third kappa shape index (κ3) is 4.87. The number of carbonyl (C=O) groups is 1. The smallest absolute Gasteiger partial charge is 0.269 e. The molecule has 11 heteroatoms. The van der Waals surface area contributed by atoms with Crippen molar-refractivity contribution >= 4 is 28.3 Å². The molecule has 1 aliphatic carbocycles. The van der Waals surface area contributed by atoms with Gasteiger partial charge in [0.15, 0.2) is 17.5 Å². The lowest BCUT2D eigenvalue weighted by Crippen LogP contribution is -2.44. The topological polar surface area (TPSA) is 121 Å². The SMILES string of the molecule is CN=C(C=CN)C(=O)N[C@@H]1CCC[C@H](Nc2nc(-c3c[nH]c4c(F)cc(F)cc34)ncc2F)C1. The van der Waals surface area contributed by atoms with Gasteiger partial charge < -0.3 is 21.4 Å². The van der Waals surface area contributed by atoms with Gasteiger partial charge in [0.25, 0.3) is 5.91 Å². The summed E-state index contributed by atoms with van der Waals surface area (Å²) in [7, 11) is 1.51. The Morgan fingerprint density at radius 2 is 2.03 bits per heavy atom. The van der Waals surface area contributed by atoms with Crippen LogP contribution in [0.25, 0.3) is 22.3 Å². The first kappa shape index (κ1) is 23.3. The monoisotopic (exact) mass is 471 g/mol. The molecule has 1 amide bonds. The molecule has 8 nitrogen and oxygen atoms in total. The molecule has 1 aliphatic rings. The van der Waals surface area contributed by atoms with E-state index in [0.717, 1.165) is 31.5 Å². The number of rotatable bonds is 6. The molecule has 2 heterocycles. The number of benzene rings is 1. The Kier molecular flexibility index (Phi) is 6.80. The summed E-state index contributed by atoms with van der Waals surface area (Å²) in [5.41, 5.74) is 6.04. The minimum Gasteiger partial charge on any atom is -0.405 e. The van der Waals surface area contributed by atoms with Crippen LogP contribution in [0, 0.1) is 17.5 Å². The molecular weight excluding hydrogens is 447 g/mol. The second kappa shape index (κ2) is 9.94. The molecule has 0 radical (unpaired) electrons. The number of carbonyl (C=O) groups excluding carboxylic acids is 1. The standard InChI is InChI=1S/C23H24F3N7O/c1-28-19(5-6-27)23(34)32-14-4-2-3-13(9-14)31-22-18(26)11-30-21(33-22)16-10-29-20-15(16)7-12(24)8-17(20)25/h5-8,10-11,13-14,29H,2-4,9,27H2,1H3,(H,32,34)(H,30,31,33)/t13-,14+/m0/s1. The van der Waals surface area contributed by atoms with Crippen LogP contribution in [0.1, 0.15) is 25.7 Å². The highest BCUT2D eigenvalue weighted by molar-refractivity contribution is 6.43. The fourth-order valence-electron chi connectivity index (χ4n) is 4.19. The first-order valence-electron chi connectivity index (χ1n) is 10.8. The molecule has 5 N–H and O–H groups in total. The largest absolute Gasteiger partial charge is 0.405 e. The molecule has 0 saturated heterocycles. The van der Waals surface area contributed by atoms with Gasteiger partial charge in [-0.15, -0.1) is 0 Å². The van der Waals surface area contributed by atoms with Gasteiger partial charge in [0.2, 0.25) is 0 Å². The van der Waals surface area contributed by atoms with Crippen molar-refractivity contribution in [2.75, 3.05) is 12.4 Å². The number of hydrogen-bond acceptors (Lipinski definition) is 6. The van der Waals surface area contributed by atoms with Crippen molar-refractivity contribution in [2.24, 2.45) is 10.7 Å². The molecule has 0 bridgehead atoms. The van der Waals surface area contributed by atoms with Crippen LogP contribution in [-0.2, 0) is 4.79 Å². The zero-order chi connectivity index (χ0) is 24.2. The van der Waals surface area contributed by atoms with Gasteiger partial charge in [0, 0.05) is 42.3 Å². The number of nitrogens with zero attached hydrogens (tertiary/aromatic N) is 3. The number of fused-ring (bicyclic) bond motifs is 1. The van der Waals surface area contributed by atoms with E-state index in [1.165, 1.54) is 31.6 Å². The summed E-state index contributed by atoms with van der Waals surface area (Å²) < 4.78 is 42.3. The average molecular weight is 471 g/mol. The van der Waals surface area contributed by atoms with Crippen molar-refractivity contribution in [3.8, 4) is 11.4 Å². The fraction of sp³-hybridized carbons (Fsp3) is 0.304. The van der Waals surface area contributed by atoms with Crippen molar-refractivity contribution in [1.29, 1.82) is 0 Å². The zero-order valence-corrected chi connectivity index (χ0v) is 18.4. The number of nitrogens with one attached hydrogen (secondary N) is 3. The summed E-state index contributed by atoms with van der Waals surface area (Å²) >= 11 is 0. The van der Waals surface area contributed by atoms with Crippen LogP contribution in [0.3, 0.4) is 0 Å². The first-order chi connectivity index (χ1) is 16.4. The summed E-state index contributed by atoms with van der Waals surface area (Å²) in [5, 5.41) is 6.28. The molecule has 3 aromatic rings. The predicted molar refractivity (Wildman–Crippen MR) is 124 cm³/mol. The Hall–Kier alpha value is -3.89. The Balaban J connectivity index is 1.52. The lowest BCUT2D eigenvalue weighted by Gasteiger charge is -2.30. The Morgan fingerprint density at radius 3 is 2.79 bits per heavy atom. The van der Waals surface area contributed by atoms with Crippen LogP contribution in [0.4, 0.5) is 19.0 Å². The molecule has 2 atom stereocenters. The van der Waals surface area contributed by atoms with Gasteiger partial charge in [-0.3, -0.25) is 9.79 Å². The quantitative estimate of drug-likeness (QED) is 0.411. The molecule has 0 spiro atoms. The van der Waals surface area contributed by atoms with Crippen LogP contribution in [0.2, 0.25) is 0 Å². The maximum Gasteiger partial charge on any atom is 0.269 e. The summed E-state index contributed by atoms with van der Waals surface area (Å²) in [4.78, 5) is 27.3. The van der Waals surface area contributed by atoms with E-state index >= 15 is 0 Å². The Morgan fingerprint density at radius 1 is 1.24 bits per heavy atom. The number of halogens is 3. The van der Waals surface area contributed by atoms with Gasteiger partial charge in [-0.05, 0) is 44.0 Å². The highest BCUT2D eigenvalue weighted by Gasteiger charge is 2.25. The van der Waals surface area contributed by atoms with Crippen LogP contribution >= 0.6 is 0 Å². The van der Waals surface area contributed by atoms with Crippen molar-refractivity contribution in [2.45, 2.75) is 37.8 Å². The van der Waals surface area contributed by atoms with Crippen molar-refractivity contribution < 1.29 is 18.0 Å². The molecule has 1 aromatic carbocycles. The van der Waals surface area contributed by atoms with E-state index in [4.69, 9.17) is 5.73 Å². The lowest BCUT2D eigenvalue weighted by atomic mass is 9.90. The number of aliphatic imine (C=N–C) groups is 1. The highest BCUT2D eigenvalue weighted by atomic mass is 19.1. The van der Waals surface area contributed by atoms with Gasteiger partial charge in [0.05, 0.1) is 11.7 Å². The van der Waals surface area contributed by atoms with Gasteiger partial charge in [-0.1, -0.05) is 0 Å². The highest BCUT2D eigenvalue weighted by Crippen LogP contribution is 2.30. The fourth-order valence-corrected chi connectivity index (χ4v) is 4.19. The molecule has 0 aliphatic heterocycles. The van der Waals surface area contributed by atoms with Crippen LogP contribution in [0.15, 0.2) is 41.8 Å². The van der Waals surface area contributed by atoms with Crippen LogP contribution < -0.4 is 16.4 Å². The predicted octanol–water partition coefficient (Wildman–Crippen LogP) is 3.42. The van der Waals surface area contributed by atoms with Crippen molar-refractivity contribution in [3.05, 3.63) is 54.3 Å². The van der Waals surface area contributed by atoms with Crippen LogP contribution in [-0.4, -0.2) is 45.7 Å². The molecule has 0 unspecified atom stereocenters. The van der Waals surface area contributed by atoms with E-state index in [2.05, 4.69) is 30.6 Å². The summed E-state index contributed by atoms with van der Waals surface area (Å²) in [6, 6.07) is 1.67. The number of aromatic nitrogens is 3. The first-order valence-corrected chi connectivity index (χ1v) is 10.8. The van der Waals surface area contributed by atoms with E-state index in [1.54, 1.807) is 0 Å². The summed E-state index contributed by atoms with van der Waals surface area (Å²) in [5.74, 6) is -2.35. The van der Waals surface area contributed by atoms with E-state index in [-0.39, 0.29) is 46.2 Å². The molecule has 1 fully saturated rings. The van der Waals surface area contributed by atoms with E-state index in [0.29, 0.717) is 12.0 Å². The third-order valence-electron chi connectivity index (χ3n) is 5.77. The summed E-state index contributed by atoms with van der Waals surface area (Å²) in [6.45, 7) is 0. The van der Waals surface area contributed by atoms with Gasteiger partial charge >= 0.3 is 0 Å². The maximum atomic E-state index is 14.5. The van der Waals surface area contributed by atoms with Gasteiger partial charge in [-0.25, -0.2) is 23.1 Å². The second-order valence-electron chi connectivity index (χ2n) is 8.05. The number of hydrogen-bond donors (Lipinski definition) is 4. The van der Waals surface area contributed by atoms with Gasteiger partial charge in [-0.2, -0.15) is 0 Å². The molecule has 1 saturated carbocycles. The second-order valence-corrected chi connectivity index (χ2v) is 8.05. The van der Waals surface area contributed by atoms with E-state index < -0.39 is 17.5 Å². The zero-order valence-electron chi connectivity index (χ0n) is 18.4. The summed E-state index contributed by atoms with van der Waals surface area (Å²) in [6.07, 6.45) is 8.05. The minimum absolute atomic E-state index is 0.0184. The normalized spacial score (nSPS) is 19.0. The number of amides is 1. The Bertz CT molecular complexity index is 1270. The van der Waals surface area contributed by atoms with Gasteiger partial charge in [0.1, 0.15) is 17.3 Å². The van der Waals surface area contributed by atoms with E-state index in [9.17, 15) is 18.0 Å². The molecule has 178 valence electrons. The molecule has 2 aromatic heterocycles. The molecular formula is C23H24F3N7O.